The maximum absolute atomic E-state index is 12.6. The molecule has 1 aromatic heterocycles. The summed E-state index contributed by atoms with van der Waals surface area (Å²) in [6.07, 6.45) is 1.44. The highest BCUT2D eigenvalue weighted by atomic mass is 35.5. The van der Waals surface area contributed by atoms with Gasteiger partial charge in [-0.05, 0) is 16.5 Å². The standard InChI is InChI=1S/C14H18N6O2.ClH/c1-22-13-5-3-2-4-11(13)12-8-15-6-7-20(12)14(21)9-19-10-16-17-18-19;/h2-5,10,12,15H,6-9H2,1H3;1H. The molecular weight excluding hydrogens is 320 g/mol. The fourth-order valence-corrected chi connectivity index (χ4v) is 2.70. The number of methoxy groups -OCH3 is 1. The second-order valence-electron chi connectivity index (χ2n) is 5.06. The number of rotatable bonds is 4. The van der Waals surface area contributed by atoms with Crippen LogP contribution in [-0.4, -0.2) is 57.8 Å². The van der Waals surface area contributed by atoms with Crippen molar-refractivity contribution in [3.05, 3.63) is 36.2 Å². The first-order valence-corrected chi connectivity index (χ1v) is 7.13. The van der Waals surface area contributed by atoms with Gasteiger partial charge in [0.2, 0.25) is 5.91 Å². The second kappa shape index (κ2) is 7.89. The van der Waals surface area contributed by atoms with Crippen molar-refractivity contribution in [2.24, 2.45) is 0 Å². The first-order valence-electron chi connectivity index (χ1n) is 7.13. The van der Waals surface area contributed by atoms with E-state index in [1.807, 2.05) is 29.2 Å². The summed E-state index contributed by atoms with van der Waals surface area (Å²) in [6, 6.07) is 7.72. The molecule has 1 saturated heterocycles. The Balaban J connectivity index is 0.00000192. The molecular formula is C14H19ClN6O2. The predicted molar refractivity (Wildman–Crippen MR) is 85.4 cm³/mol. The van der Waals surface area contributed by atoms with E-state index >= 15 is 0 Å². The van der Waals surface area contributed by atoms with Gasteiger partial charge in [0.05, 0.1) is 13.2 Å². The van der Waals surface area contributed by atoms with Gasteiger partial charge in [-0.25, -0.2) is 4.68 Å². The number of amides is 1. The van der Waals surface area contributed by atoms with Gasteiger partial charge in [-0.3, -0.25) is 4.79 Å². The molecule has 1 amide bonds. The van der Waals surface area contributed by atoms with Crippen LogP contribution in [0.2, 0.25) is 0 Å². The molecule has 1 aliphatic heterocycles. The number of para-hydroxylation sites is 1. The Kier molecular flexibility index (Phi) is 5.89. The molecule has 0 radical (unpaired) electrons. The highest BCUT2D eigenvalue weighted by Gasteiger charge is 2.29. The van der Waals surface area contributed by atoms with Crippen molar-refractivity contribution in [1.82, 2.24) is 30.4 Å². The van der Waals surface area contributed by atoms with Crippen LogP contribution in [0.3, 0.4) is 0 Å². The van der Waals surface area contributed by atoms with E-state index in [-0.39, 0.29) is 30.9 Å². The molecule has 0 spiro atoms. The lowest BCUT2D eigenvalue weighted by Gasteiger charge is -2.37. The number of halogens is 1. The van der Waals surface area contributed by atoms with E-state index in [2.05, 4.69) is 20.8 Å². The summed E-state index contributed by atoms with van der Waals surface area (Å²) < 4.78 is 6.86. The smallest absolute Gasteiger partial charge is 0.245 e. The van der Waals surface area contributed by atoms with E-state index in [1.165, 1.54) is 11.0 Å². The molecule has 9 heteroatoms. The molecule has 1 aromatic carbocycles. The van der Waals surface area contributed by atoms with E-state index in [9.17, 15) is 4.79 Å². The number of carbonyl (C=O) groups excluding carboxylic acids is 1. The number of nitrogens with one attached hydrogen (secondary N) is 1. The van der Waals surface area contributed by atoms with E-state index in [4.69, 9.17) is 4.74 Å². The number of carbonyl (C=O) groups is 1. The zero-order valence-electron chi connectivity index (χ0n) is 12.8. The fourth-order valence-electron chi connectivity index (χ4n) is 2.70. The van der Waals surface area contributed by atoms with Crippen LogP contribution in [0.25, 0.3) is 0 Å². The van der Waals surface area contributed by atoms with Crippen molar-refractivity contribution < 1.29 is 9.53 Å². The largest absolute Gasteiger partial charge is 0.496 e. The molecule has 23 heavy (non-hydrogen) atoms. The van der Waals surface area contributed by atoms with Crippen molar-refractivity contribution in [2.75, 3.05) is 26.7 Å². The number of hydrogen-bond acceptors (Lipinski definition) is 6. The van der Waals surface area contributed by atoms with Crippen LogP contribution in [0.1, 0.15) is 11.6 Å². The van der Waals surface area contributed by atoms with Gasteiger partial charge in [0, 0.05) is 25.2 Å². The van der Waals surface area contributed by atoms with Crippen LogP contribution in [0.5, 0.6) is 5.75 Å². The number of piperazine rings is 1. The summed E-state index contributed by atoms with van der Waals surface area (Å²) in [6.45, 7) is 2.25. The zero-order valence-corrected chi connectivity index (χ0v) is 13.6. The van der Waals surface area contributed by atoms with Crippen LogP contribution in [0.15, 0.2) is 30.6 Å². The van der Waals surface area contributed by atoms with Crippen molar-refractivity contribution in [3.8, 4) is 5.75 Å². The van der Waals surface area contributed by atoms with Gasteiger partial charge < -0.3 is 15.0 Å². The lowest BCUT2D eigenvalue weighted by molar-refractivity contribution is -0.135. The van der Waals surface area contributed by atoms with Gasteiger partial charge in [0.1, 0.15) is 18.6 Å². The minimum Gasteiger partial charge on any atom is -0.496 e. The Labute approximate surface area is 140 Å². The highest BCUT2D eigenvalue weighted by Crippen LogP contribution is 2.30. The topological polar surface area (TPSA) is 85.2 Å². The Morgan fingerprint density at radius 2 is 2.26 bits per heavy atom. The molecule has 1 unspecified atom stereocenters. The van der Waals surface area contributed by atoms with Gasteiger partial charge in [-0.15, -0.1) is 17.5 Å². The molecule has 8 nitrogen and oxygen atoms in total. The summed E-state index contributed by atoms with van der Waals surface area (Å²) >= 11 is 0. The molecule has 1 fully saturated rings. The van der Waals surface area contributed by atoms with Gasteiger partial charge in [-0.1, -0.05) is 18.2 Å². The van der Waals surface area contributed by atoms with Gasteiger partial charge in [0.15, 0.2) is 0 Å². The molecule has 1 N–H and O–H groups in total. The van der Waals surface area contributed by atoms with E-state index in [0.717, 1.165) is 17.9 Å². The monoisotopic (exact) mass is 338 g/mol. The molecule has 1 aliphatic rings. The van der Waals surface area contributed by atoms with Gasteiger partial charge >= 0.3 is 0 Å². The minimum absolute atomic E-state index is 0. The van der Waals surface area contributed by atoms with Crippen LogP contribution in [-0.2, 0) is 11.3 Å². The highest BCUT2D eigenvalue weighted by molar-refractivity contribution is 5.85. The van der Waals surface area contributed by atoms with Crippen molar-refractivity contribution in [1.29, 1.82) is 0 Å². The molecule has 2 heterocycles. The average molecular weight is 339 g/mol. The molecule has 0 saturated carbocycles. The first-order chi connectivity index (χ1) is 10.8. The SMILES string of the molecule is COc1ccccc1C1CNCCN1C(=O)Cn1cnnn1.Cl. The Bertz CT molecular complexity index is 636. The van der Waals surface area contributed by atoms with Crippen molar-refractivity contribution >= 4 is 18.3 Å². The molecule has 0 bridgehead atoms. The predicted octanol–water partition coefficient (Wildman–Crippen LogP) is 0.277. The van der Waals surface area contributed by atoms with Crippen molar-refractivity contribution in [2.45, 2.75) is 12.6 Å². The molecule has 3 rings (SSSR count). The van der Waals surface area contributed by atoms with Gasteiger partial charge in [0.25, 0.3) is 0 Å². The lowest BCUT2D eigenvalue weighted by Crippen LogP contribution is -2.49. The number of tetrazole rings is 1. The maximum Gasteiger partial charge on any atom is 0.245 e. The third-order valence-corrected chi connectivity index (χ3v) is 3.75. The van der Waals surface area contributed by atoms with Crippen LogP contribution in [0, 0.1) is 0 Å². The number of ether oxygens (including phenoxy) is 1. The fraction of sp³-hybridized carbons (Fsp3) is 0.429. The Morgan fingerprint density at radius 1 is 1.43 bits per heavy atom. The molecule has 124 valence electrons. The summed E-state index contributed by atoms with van der Waals surface area (Å²) in [5.41, 5.74) is 1.00. The van der Waals surface area contributed by atoms with E-state index in [1.54, 1.807) is 7.11 Å². The third-order valence-electron chi connectivity index (χ3n) is 3.75. The molecule has 2 aromatic rings. The lowest BCUT2D eigenvalue weighted by atomic mass is 10.0. The van der Waals surface area contributed by atoms with Crippen LogP contribution < -0.4 is 10.1 Å². The quantitative estimate of drug-likeness (QED) is 0.861. The Hall–Kier alpha value is -2.19. The third kappa shape index (κ3) is 3.77. The van der Waals surface area contributed by atoms with Crippen molar-refractivity contribution in [3.63, 3.8) is 0 Å². The normalized spacial score (nSPS) is 17.4. The minimum atomic E-state index is -0.0612. The number of aromatic nitrogens is 4. The number of hydrogen-bond donors (Lipinski definition) is 1. The maximum atomic E-state index is 12.6. The summed E-state index contributed by atoms with van der Waals surface area (Å²) in [7, 11) is 1.64. The zero-order chi connectivity index (χ0) is 15.4. The summed E-state index contributed by atoms with van der Waals surface area (Å²) in [5.74, 6) is 0.779. The van der Waals surface area contributed by atoms with Crippen LogP contribution in [0.4, 0.5) is 0 Å². The summed E-state index contributed by atoms with van der Waals surface area (Å²) in [4.78, 5) is 14.4. The van der Waals surface area contributed by atoms with Crippen LogP contribution >= 0.6 is 12.4 Å². The van der Waals surface area contributed by atoms with E-state index < -0.39 is 0 Å². The summed E-state index contributed by atoms with van der Waals surface area (Å²) in [5, 5.41) is 14.2. The second-order valence-corrected chi connectivity index (χ2v) is 5.06. The Morgan fingerprint density at radius 3 is 3.00 bits per heavy atom. The number of benzene rings is 1. The first kappa shape index (κ1) is 17.2. The average Bonchev–Trinajstić information content (AvgIpc) is 3.07. The van der Waals surface area contributed by atoms with Gasteiger partial charge in [-0.2, -0.15) is 0 Å². The molecule has 0 aliphatic carbocycles. The number of nitrogens with zero attached hydrogens (tertiary/aromatic N) is 5. The van der Waals surface area contributed by atoms with E-state index in [0.29, 0.717) is 13.1 Å². The molecule has 1 atom stereocenters.